The van der Waals surface area contributed by atoms with Crippen LogP contribution in [0, 0.1) is 11.7 Å². The minimum Gasteiger partial charge on any atom is -0.207 e. The zero-order valence-corrected chi connectivity index (χ0v) is 12.3. The molecule has 1 saturated carbocycles. The topological polar surface area (TPSA) is 0 Å². The van der Waals surface area contributed by atoms with E-state index in [0.29, 0.717) is 11.8 Å². The summed E-state index contributed by atoms with van der Waals surface area (Å²) in [6.45, 7) is 3.87. The standard InChI is InChI=1S/C20H21F/c1-2-15-8-10-17(11-9-15)19-13-12-18(14-20(19)21)16-6-4-3-5-7-16/h2-7,12-15,17H,1,8-11H2. The van der Waals surface area contributed by atoms with Gasteiger partial charge in [-0.05, 0) is 60.3 Å². The fourth-order valence-corrected chi connectivity index (χ4v) is 3.33. The molecule has 1 heteroatoms. The molecule has 1 aliphatic rings. The van der Waals surface area contributed by atoms with Crippen molar-refractivity contribution < 1.29 is 4.39 Å². The summed E-state index contributed by atoms with van der Waals surface area (Å²) < 4.78 is 14.5. The molecule has 2 aromatic carbocycles. The SMILES string of the molecule is C=CC1CCC(c2ccc(-c3ccccc3)cc2F)CC1. The average molecular weight is 280 g/mol. The second-order valence-corrected chi connectivity index (χ2v) is 5.95. The molecule has 0 heterocycles. The Morgan fingerprint density at radius 3 is 2.24 bits per heavy atom. The van der Waals surface area contributed by atoms with Crippen molar-refractivity contribution in [2.45, 2.75) is 31.6 Å². The third-order valence-electron chi connectivity index (χ3n) is 4.65. The number of hydrogen-bond acceptors (Lipinski definition) is 0. The van der Waals surface area contributed by atoms with Crippen LogP contribution < -0.4 is 0 Å². The first-order valence-electron chi connectivity index (χ1n) is 7.75. The lowest BCUT2D eigenvalue weighted by Crippen LogP contribution is -2.12. The van der Waals surface area contributed by atoms with E-state index in [1.165, 1.54) is 0 Å². The van der Waals surface area contributed by atoms with Crippen LogP contribution in [0.3, 0.4) is 0 Å². The van der Waals surface area contributed by atoms with Crippen LogP contribution in [-0.2, 0) is 0 Å². The van der Waals surface area contributed by atoms with Crippen LogP contribution in [0.1, 0.15) is 37.2 Å². The summed E-state index contributed by atoms with van der Waals surface area (Å²) in [7, 11) is 0. The van der Waals surface area contributed by atoms with Crippen molar-refractivity contribution in [2.24, 2.45) is 5.92 Å². The first-order chi connectivity index (χ1) is 10.3. The highest BCUT2D eigenvalue weighted by molar-refractivity contribution is 5.63. The third-order valence-corrected chi connectivity index (χ3v) is 4.65. The Hall–Kier alpha value is -1.89. The second-order valence-electron chi connectivity index (χ2n) is 5.95. The van der Waals surface area contributed by atoms with Gasteiger partial charge in [-0.2, -0.15) is 0 Å². The van der Waals surface area contributed by atoms with Crippen molar-refractivity contribution in [2.75, 3.05) is 0 Å². The maximum absolute atomic E-state index is 14.5. The van der Waals surface area contributed by atoms with E-state index in [0.717, 1.165) is 42.4 Å². The fourth-order valence-electron chi connectivity index (χ4n) is 3.33. The monoisotopic (exact) mass is 280 g/mol. The van der Waals surface area contributed by atoms with Gasteiger partial charge in [0.15, 0.2) is 0 Å². The summed E-state index contributed by atoms with van der Waals surface area (Å²) in [5.41, 5.74) is 2.91. The van der Waals surface area contributed by atoms with Crippen LogP contribution in [0.5, 0.6) is 0 Å². The third kappa shape index (κ3) is 3.07. The van der Waals surface area contributed by atoms with Gasteiger partial charge in [0.1, 0.15) is 5.82 Å². The first kappa shape index (κ1) is 14.1. The summed E-state index contributed by atoms with van der Waals surface area (Å²) in [5, 5.41) is 0. The summed E-state index contributed by atoms with van der Waals surface area (Å²) in [5.74, 6) is 0.928. The lowest BCUT2D eigenvalue weighted by molar-refractivity contribution is 0.369. The maximum Gasteiger partial charge on any atom is 0.127 e. The molecule has 108 valence electrons. The fraction of sp³-hybridized carbons (Fsp3) is 0.300. The summed E-state index contributed by atoms with van der Waals surface area (Å²) >= 11 is 0. The van der Waals surface area contributed by atoms with E-state index in [-0.39, 0.29) is 5.82 Å². The van der Waals surface area contributed by atoms with E-state index in [2.05, 4.69) is 6.58 Å². The molecule has 1 fully saturated rings. The van der Waals surface area contributed by atoms with Gasteiger partial charge < -0.3 is 0 Å². The molecule has 0 aromatic heterocycles. The van der Waals surface area contributed by atoms with Crippen LogP contribution in [0.15, 0.2) is 61.2 Å². The molecule has 0 radical (unpaired) electrons. The molecule has 2 aromatic rings. The van der Waals surface area contributed by atoms with E-state index in [4.69, 9.17) is 0 Å². The minimum atomic E-state index is -0.0570. The van der Waals surface area contributed by atoms with Gasteiger partial charge in [0, 0.05) is 0 Å². The molecular weight excluding hydrogens is 259 g/mol. The predicted octanol–water partition coefficient (Wildman–Crippen LogP) is 5.95. The van der Waals surface area contributed by atoms with Crippen molar-refractivity contribution in [3.8, 4) is 11.1 Å². The molecule has 0 bridgehead atoms. The van der Waals surface area contributed by atoms with Gasteiger partial charge in [-0.1, -0.05) is 48.5 Å². The Morgan fingerprint density at radius 2 is 1.62 bits per heavy atom. The lowest BCUT2D eigenvalue weighted by atomic mass is 9.78. The number of halogens is 1. The molecular formula is C20H21F. The molecule has 1 aliphatic carbocycles. The van der Waals surface area contributed by atoms with Crippen molar-refractivity contribution in [3.63, 3.8) is 0 Å². The Kier molecular flexibility index (Phi) is 4.19. The number of rotatable bonds is 3. The van der Waals surface area contributed by atoms with Gasteiger partial charge in [0.25, 0.3) is 0 Å². The lowest BCUT2D eigenvalue weighted by Gasteiger charge is -2.27. The predicted molar refractivity (Wildman–Crippen MR) is 86.7 cm³/mol. The van der Waals surface area contributed by atoms with E-state index in [1.807, 2.05) is 48.5 Å². The van der Waals surface area contributed by atoms with Crippen molar-refractivity contribution in [1.82, 2.24) is 0 Å². The molecule has 0 amide bonds. The van der Waals surface area contributed by atoms with Gasteiger partial charge in [-0.3, -0.25) is 0 Å². The van der Waals surface area contributed by atoms with Crippen LogP contribution in [-0.4, -0.2) is 0 Å². The number of hydrogen-bond donors (Lipinski definition) is 0. The molecule has 0 nitrogen and oxygen atoms in total. The van der Waals surface area contributed by atoms with Crippen LogP contribution in [0.2, 0.25) is 0 Å². The molecule has 0 aliphatic heterocycles. The van der Waals surface area contributed by atoms with Gasteiger partial charge in [0.05, 0.1) is 0 Å². The first-order valence-corrected chi connectivity index (χ1v) is 7.75. The van der Waals surface area contributed by atoms with E-state index < -0.39 is 0 Å². The molecule has 0 saturated heterocycles. The molecule has 0 spiro atoms. The molecule has 3 rings (SSSR count). The Balaban J connectivity index is 1.81. The summed E-state index contributed by atoms with van der Waals surface area (Å²) in [6, 6.07) is 15.7. The largest absolute Gasteiger partial charge is 0.207 e. The molecule has 0 atom stereocenters. The Morgan fingerprint density at radius 1 is 0.905 bits per heavy atom. The van der Waals surface area contributed by atoms with Crippen molar-refractivity contribution >= 4 is 0 Å². The zero-order chi connectivity index (χ0) is 14.7. The number of allylic oxidation sites excluding steroid dienone is 1. The normalized spacial score (nSPS) is 22.0. The molecule has 21 heavy (non-hydrogen) atoms. The van der Waals surface area contributed by atoms with Crippen LogP contribution in [0.25, 0.3) is 11.1 Å². The highest BCUT2D eigenvalue weighted by atomic mass is 19.1. The Bertz CT molecular complexity index is 607. The van der Waals surface area contributed by atoms with Gasteiger partial charge >= 0.3 is 0 Å². The quantitative estimate of drug-likeness (QED) is 0.609. The van der Waals surface area contributed by atoms with E-state index in [1.54, 1.807) is 6.07 Å². The second kappa shape index (κ2) is 6.26. The Labute approximate surface area is 126 Å². The van der Waals surface area contributed by atoms with Crippen molar-refractivity contribution in [3.05, 3.63) is 72.6 Å². The number of benzene rings is 2. The van der Waals surface area contributed by atoms with Gasteiger partial charge in [-0.15, -0.1) is 6.58 Å². The minimum absolute atomic E-state index is 0.0570. The average Bonchev–Trinajstić information content (AvgIpc) is 2.56. The highest BCUT2D eigenvalue weighted by Gasteiger charge is 2.22. The molecule has 0 N–H and O–H groups in total. The van der Waals surface area contributed by atoms with E-state index >= 15 is 0 Å². The van der Waals surface area contributed by atoms with Crippen molar-refractivity contribution in [1.29, 1.82) is 0 Å². The van der Waals surface area contributed by atoms with Gasteiger partial charge in [-0.25, -0.2) is 4.39 Å². The zero-order valence-electron chi connectivity index (χ0n) is 12.3. The van der Waals surface area contributed by atoms with E-state index in [9.17, 15) is 4.39 Å². The molecule has 0 unspecified atom stereocenters. The van der Waals surface area contributed by atoms with Crippen LogP contribution in [0.4, 0.5) is 4.39 Å². The maximum atomic E-state index is 14.5. The highest BCUT2D eigenvalue weighted by Crippen LogP contribution is 2.38. The van der Waals surface area contributed by atoms with Crippen LogP contribution >= 0.6 is 0 Å². The van der Waals surface area contributed by atoms with Gasteiger partial charge in [0.2, 0.25) is 0 Å². The summed E-state index contributed by atoms with van der Waals surface area (Å²) in [4.78, 5) is 0. The summed E-state index contributed by atoms with van der Waals surface area (Å²) in [6.07, 6.45) is 6.45. The smallest absolute Gasteiger partial charge is 0.127 e.